The van der Waals surface area contributed by atoms with E-state index >= 15 is 0 Å². The van der Waals surface area contributed by atoms with Crippen LogP contribution >= 0.6 is 0 Å². The fraction of sp³-hybridized carbons (Fsp3) is 0.346. The first-order chi connectivity index (χ1) is 13.9. The SMILES string of the molecule is C=CCc1cc(/C=C/C(=O)c2ccc(N)cc2)c(OC(C)(C)C)cc1OC(C)(C)C. The quantitative estimate of drug-likeness (QED) is 0.255. The second-order valence-corrected chi connectivity index (χ2v) is 9.24. The zero-order valence-corrected chi connectivity index (χ0v) is 18.9. The first-order valence-electron chi connectivity index (χ1n) is 10.1. The number of nitrogen functional groups attached to an aromatic ring is 1. The van der Waals surface area contributed by atoms with Crippen molar-refractivity contribution in [2.75, 3.05) is 5.73 Å². The summed E-state index contributed by atoms with van der Waals surface area (Å²) in [6, 6.07) is 10.8. The Morgan fingerprint density at radius 1 is 0.967 bits per heavy atom. The minimum atomic E-state index is -0.400. The maximum Gasteiger partial charge on any atom is 0.185 e. The lowest BCUT2D eigenvalue weighted by molar-refractivity contribution is 0.104. The zero-order chi connectivity index (χ0) is 22.5. The number of hydrogen-bond donors (Lipinski definition) is 1. The molecule has 0 aliphatic rings. The Morgan fingerprint density at radius 3 is 2.07 bits per heavy atom. The van der Waals surface area contributed by atoms with Crippen LogP contribution in [0.3, 0.4) is 0 Å². The Labute approximate surface area is 180 Å². The van der Waals surface area contributed by atoms with Crippen LogP contribution in [0.5, 0.6) is 11.5 Å². The molecule has 0 fully saturated rings. The van der Waals surface area contributed by atoms with Crippen LogP contribution in [0.4, 0.5) is 5.69 Å². The van der Waals surface area contributed by atoms with E-state index in [0.717, 1.165) is 16.9 Å². The molecule has 0 spiro atoms. The van der Waals surface area contributed by atoms with Gasteiger partial charge in [-0.15, -0.1) is 6.58 Å². The summed E-state index contributed by atoms with van der Waals surface area (Å²) in [6.07, 6.45) is 5.82. The Morgan fingerprint density at radius 2 is 1.53 bits per heavy atom. The fourth-order valence-corrected chi connectivity index (χ4v) is 2.82. The number of ether oxygens (including phenoxy) is 2. The molecule has 0 radical (unpaired) electrons. The second kappa shape index (κ2) is 9.21. The molecular weight excluding hydrogens is 374 g/mol. The highest BCUT2D eigenvalue weighted by molar-refractivity contribution is 6.07. The van der Waals surface area contributed by atoms with Crippen LogP contribution in [0.15, 0.2) is 55.1 Å². The highest BCUT2D eigenvalue weighted by atomic mass is 16.5. The van der Waals surface area contributed by atoms with Gasteiger partial charge in [-0.3, -0.25) is 4.79 Å². The molecule has 0 aliphatic heterocycles. The average molecular weight is 408 g/mol. The first-order valence-corrected chi connectivity index (χ1v) is 10.1. The predicted octanol–water partition coefficient (Wildman–Crippen LogP) is 6.25. The molecule has 4 heteroatoms. The predicted molar refractivity (Wildman–Crippen MR) is 125 cm³/mol. The van der Waals surface area contributed by atoms with Gasteiger partial charge in [-0.1, -0.05) is 6.08 Å². The lowest BCUT2D eigenvalue weighted by Gasteiger charge is -2.27. The van der Waals surface area contributed by atoms with E-state index in [1.54, 1.807) is 36.4 Å². The standard InChI is InChI=1S/C26H33NO3/c1-8-9-19-16-20(12-15-22(28)18-10-13-21(27)14-11-18)24(30-26(5,6)7)17-23(19)29-25(2,3)4/h8,10-17H,1,9,27H2,2-7H3/b15-12+. The maximum absolute atomic E-state index is 12.6. The summed E-state index contributed by atoms with van der Waals surface area (Å²) in [5.41, 5.74) is 7.96. The molecule has 4 nitrogen and oxygen atoms in total. The number of nitrogens with two attached hydrogens (primary N) is 1. The van der Waals surface area contributed by atoms with Gasteiger partial charge in [-0.05, 0) is 96.0 Å². The number of rotatable bonds is 7. The van der Waals surface area contributed by atoms with Gasteiger partial charge in [0.15, 0.2) is 5.78 Å². The Hall–Kier alpha value is -3.01. The number of carbonyl (C=O) groups is 1. The van der Waals surface area contributed by atoms with E-state index in [1.165, 1.54) is 0 Å². The normalized spacial score (nSPS) is 12.1. The summed E-state index contributed by atoms with van der Waals surface area (Å²) in [5, 5.41) is 0. The van der Waals surface area contributed by atoms with Crippen molar-refractivity contribution in [1.29, 1.82) is 0 Å². The van der Waals surface area contributed by atoms with E-state index in [4.69, 9.17) is 15.2 Å². The molecule has 0 atom stereocenters. The maximum atomic E-state index is 12.6. The van der Waals surface area contributed by atoms with Crippen molar-refractivity contribution in [2.24, 2.45) is 0 Å². The summed E-state index contributed by atoms with van der Waals surface area (Å²) in [4.78, 5) is 12.6. The van der Waals surface area contributed by atoms with Gasteiger partial charge in [0.25, 0.3) is 0 Å². The molecule has 2 aromatic carbocycles. The molecule has 2 N–H and O–H groups in total. The minimum absolute atomic E-state index is 0.100. The van der Waals surface area contributed by atoms with E-state index in [-0.39, 0.29) is 11.4 Å². The minimum Gasteiger partial charge on any atom is -0.488 e. The van der Waals surface area contributed by atoms with Crippen LogP contribution in [0.1, 0.15) is 63.0 Å². The van der Waals surface area contributed by atoms with Gasteiger partial charge in [0.05, 0.1) is 0 Å². The summed E-state index contributed by atoms with van der Waals surface area (Å²) in [7, 11) is 0. The summed E-state index contributed by atoms with van der Waals surface area (Å²) >= 11 is 0. The number of hydrogen-bond acceptors (Lipinski definition) is 4. The summed E-state index contributed by atoms with van der Waals surface area (Å²) < 4.78 is 12.4. The van der Waals surface area contributed by atoms with E-state index in [0.29, 0.717) is 23.4 Å². The molecule has 0 bridgehead atoms. The van der Waals surface area contributed by atoms with Crippen LogP contribution < -0.4 is 15.2 Å². The molecule has 30 heavy (non-hydrogen) atoms. The molecule has 0 heterocycles. The monoisotopic (exact) mass is 407 g/mol. The third-order valence-electron chi connectivity index (χ3n) is 4.00. The van der Waals surface area contributed by atoms with Crippen LogP contribution in [0, 0.1) is 0 Å². The molecule has 2 rings (SSSR count). The van der Waals surface area contributed by atoms with Crippen LogP contribution in [0.2, 0.25) is 0 Å². The Balaban J connectivity index is 2.48. The van der Waals surface area contributed by atoms with Gasteiger partial charge < -0.3 is 15.2 Å². The van der Waals surface area contributed by atoms with Gasteiger partial charge in [0, 0.05) is 22.9 Å². The van der Waals surface area contributed by atoms with Crippen molar-refractivity contribution in [3.63, 3.8) is 0 Å². The van der Waals surface area contributed by atoms with E-state index in [9.17, 15) is 4.79 Å². The molecule has 0 aliphatic carbocycles. The van der Waals surface area contributed by atoms with Crippen LogP contribution in [-0.4, -0.2) is 17.0 Å². The molecule has 0 saturated heterocycles. The highest BCUT2D eigenvalue weighted by Crippen LogP contribution is 2.35. The number of anilines is 1. The van der Waals surface area contributed by atoms with E-state index in [2.05, 4.69) is 6.58 Å². The van der Waals surface area contributed by atoms with Crippen LogP contribution in [-0.2, 0) is 6.42 Å². The number of allylic oxidation sites excluding steroid dienone is 2. The first kappa shape index (κ1) is 23.3. The van der Waals surface area contributed by atoms with Crippen molar-refractivity contribution in [3.05, 3.63) is 71.8 Å². The van der Waals surface area contributed by atoms with Crippen LogP contribution in [0.25, 0.3) is 6.08 Å². The van der Waals surface area contributed by atoms with E-state index < -0.39 is 5.60 Å². The fourth-order valence-electron chi connectivity index (χ4n) is 2.82. The van der Waals surface area contributed by atoms with Gasteiger partial charge >= 0.3 is 0 Å². The van der Waals surface area contributed by atoms with Crippen molar-refractivity contribution in [2.45, 2.75) is 59.2 Å². The van der Waals surface area contributed by atoms with E-state index in [1.807, 2.05) is 59.8 Å². The Bertz CT molecular complexity index is 926. The van der Waals surface area contributed by atoms with Crippen molar-refractivity contribution in [3.8, 4) is 11.5 Å². The van der Waals surface area contributed by atoms with Crippen molar-refractivity contribution >= 4 is 17.5 Å². The molecule has 0 saturated carbocycles. The largest absolute Gasteiger partial charge is 0.488 e. The molecular formula is C26H33NO3. The molecule has 0 unspecified atom stereocenters. The lowest BCUT2D eigenvalue weighted by atomic mass is 10.0. The Kier molecular flexibility index (Phi) is 7.14. The van der Waals surface area contributed by atoms with Gasteiger partial charge in [0.2, 0.25) is 0 Å². The molecule has 0 aromatic heterocycles. The molecule has 0 amide bonds. The summed E-state index contributed by atoms with van der Waals surface area (Å²) in [6.45, 7) is 15.8. The third kappa shape index (κ3) is 7.11. The zero-order valence-electron chi connectivity index (χ0n) is 18.9. The second-order valence-electron chi connectivity index (χ2n) is 9.24. The lowest BCUT2D eigenvalue weighted by Crippen LogP contribution is -2.25. The highest BCUT2D eigenvalue weighted by Gasteiger charge is 2.20. The van der Waals surface area contributed by atoms with Crippen molar-refractivity contribution in [1.82, 2.24) is 0 Å². The number of benzene rings is 2. The summed E-state index contributed by atoms with van der Waals surface area (Å²) in [5.74, 6) is 1.32. The van der Waals surface area contributed by atoms with Gasteiger partial charge in [-0.2, -0.15) is 0 Å². The smallest absolute Gasteiger partial charge is 0.185 e. The topological polar surface area (TPSA) is 61.6 Å². The molecule has 160 valence electrons. The molecule has 2 aromatic rings. The number of ketones is 1. The van der Waals surface area contributed by atoms with Gasteiger partial charge in [0.1, 0.15) is 22.7 Å². The number of carbonyl (C=O) groups excluding carboxylic acids is 1. The van der Waals surface area contributed by atoms with Crippen molar-refractivity contribution < 1.29 is 14.3 Å². The average Bonchev–Trinajstić information content (AvgIpc) is 2.60. The third-order valence-corrected chi connectivity index (χ3v) is 4.00. The van der Waals surface area contributed by atoms with Gasteiger partial charge in [-0.25, -0.2) is 0 Å².